The van der Waals surface area contributed by atoms with Gasteiger partial charge in [0.05, 0.1) is 6.10 Å². The first-order chi connectivity index (χ1) is 15.2. The van der Waals surface area contributed by atoms with Crippen molar-refractivity contribution in [1.82, 2.24) is 4.98 Å². The van der Waals surface area contributed by atoms with Crippen molar-refractivity contribution in [2.24, 2.45) is 17.8 Å². The van der Waals surface area contributed by atoms with Gasteiger partial charge in [-0.15, -0.1) is 0 Å². The molecule has 0 N–H and O–H groups in total. The highest BCUT2D eigenvalue weighted by molar-refractivity contribution is 5.25. The fourth-order valence-corrected chi connectivity index (χ4v) is 5.83. The summed E-state index contributed by atoms with van der Waals surface area (Å²) in [5.74, 6) is 2.80. The molecule has 3 nitrogen and oxygen atoms in total. The molecule has 4 rings (SSSR count). The second-order valence-electron chi connectivity index (χ2n) is 10.1. The van der Waals surface area contributed by atoms with E-state index in [4.69, 9.17) is 9.47 Å². The summed E-state index contributed by atoms with van der Waals surface area (Å²) in [6.45, 7) is 2.82. The number of unbranched alkanes of at least 4 members (excludes halogenated alkanes) is 1. The Hall–Kier alpha value is -1.58. The average molecular weight is 430 g/mol. The number of hydrogen-bond acceptors (Lipinski definition) is 3. The van der Waals surface area contributed by atoms with Crippen LogP contribution in [-0.4, -0.2) is 17.7 Å². The molecule has 1 aromatic heterocycles. The zero-order valence-corrected chi connectivity index (χ0v) is 19.3. The zero-order valence-electron chi connectivity index (χ0n) is 19.3. The predicted molar refractivity (Wildman–Crippen MR) is 123 cm³/mol. The summed E-state index contributed by atoms with van der Waals surface area (Å²) in [5, 5.41) is 0. The Morgan fingerprint density at radius 2 is 1.81 bits per heavy atom. The van der Waals surface area contributed by atoms with Crippen LogP contribution >= 0.6 is 0 Å². The molecule has 3 aliphatic rings. The summed E-state index contributed by atoms with van der Waals surface area (Å²) < 4.78 is 25.8. The molecule has 31 heavy (non-hydrogen) atoms. The first-order valence-corrected chi connectivity index (χ1v) is 12.8. The molecule has 1 unspecified atom stereocenters. The summed E-state index contributed by atoms with van der Waals surface area (Å²) in [5.41, 5.74) is 1.33. The van der Waals surface area contributed by atoms with E-state index in [0.29, 0.717) is 12.5 Å². The molecule has 0 aliphatic heterocycles. The van der Waals surface area contributed by atoms with Crippen molar-refractivity contribution in [2.75, 3.05) is 6.61 Å². The van der Waals surface area contributed by atoms with Crippen LogP contribution in [0.1, 0.15) is 96.8 Å². The number of halogens is 1. The van der Waals surface area contributed by atoms with E-state index in [1.54, 1.807) is 12.1 Å². The summed E-state index contributed by atoms with van der Waals surface area (Å²) >= 11 is 0. The van der Waals surface area contributed by atoms with Gasteiger partial charge < -0.3 is 9.47 Å². The number of ether oxygens (including phenoxy) is 2. The summed E-state index contributed by atoms with van der Waals surface area (Å²) in [4.78, 5) is 3.98. The van der Waals surface area contributed by atoms with Gasteiger partial charge in [-0.1, -0.05) is 45.1 Å². The van der Waals surface area contributed by atoms with Gasteiger partial charge in [-0.2, -0.15) is 9.37 Å². The van der Waals surface area contributed by atoms with Crippen molar-refractivity contribution in [3.05, 3.63) is 29.7 Å². The highest BCUT2D eigenvalue weighted by Gasteiger charge is 2.28. The molecule has 172 valence electrons. The van der Waals surface area contributed by atoms with Crippen LogP contribution in [0.25, 0.3) is 0 Å². The molecule has 1 heterocycles. The third-order valence-corrected chi connectivity index (χ3v) is 7.86. The SMILES string of the molecule is CCCCC1CCC(C2CC=C(COc3ccc(OC4CCCC4)c(F)n3)CC2)CC1. The van der Waals surface area contributed by atoms with Crippen LogP contribution in [-0.2, 0) is 0 Å². The predicted octanol–water partition coefficient (Wildman–Crippen LogP) is 7.64. The molecular weight excluding hydrogens is 389 g/mol. The lowest BCUT2D eigenvalue weighted by atomic mass is 9.71. The average Bonchev–Trinajstić information content (AvgIpc) is 3.32. The Labute approximate surface area is 187 Å². The van der Waals surface area contributed by atoms with Crippen molar-refractivity contribution >= 4 is 0 Å². The smallest absolute Gasteiger partial charge is 0.258 e. The number of hydrogen-bond donors (Lipinski definition) is 0. The minimum atomic E-state index is -0.559. The number of allylic oxidation sites excluding steroid dienone is 1. The second kappa shape index (κ2) is 11.3. The van der Waals surface area contributed by atoms with Gasteiger partial charge in [0.25, 0.3) is 5.95 Å². The van der Waals surface area contributed by atoms with E-state index in [0.717, 1.165) is 49.9 Å². The molecule has 0 saturated heterocycles. The Bertz CT molecular complexity index is 720. The van der Waals surface area contributed by atoms with Gasteiger partial charge >= 0.3 is 0 Å². The Kier molecular flexibility index (Phi) is 8.27. The molecule has 0 spiro atoms. The standard InChI is InChI=1S/C27H40FNO2/c1-2-3-6-20-9-13-22(14-10-20)23-15-11-21(12-16-23)19-30-26-18-17-25(27(28)29-26)31-24-7-4-5-8-24/h11,17-18,20,22-24H,2-10,12-16,19H2,1H3. The Morgan fingerprint density at radius 1 is 1.00 bits per heavy atom. The fourth-order valence-electron chi connectivity index (χ4n) is 5.83. The molecule has 0 aromatic carbocycles. The van der Waals surface area contributed by atoms with E-state index >= 15 is 0 Å². The van der Waals surface area contributed by atoms with Crippen molar-refractivity contribution < 1.29 is 13.9 Å². The summed E-state index contributed by atoms with van der Waals surface area (Å²) in [7, 11) is 0. The van der Waals surface area contributed by atoms with Gasteiger partial charge in [-0.25, -0.2) is 0 Å². The molecule has 1 aromatic rings. The number of nitrogens with zero attached hydrogens (tertiary/aromatic N) is 1. The Morgan fingerprint density at radius 3 is 2.48 bits per heavy atom. The monoisotopic (exact) mass is 429 g/mol. The van der Waals surface area contributed by atoms with Gasteiger partial charge in [0.1, 0.15) is 6.61 Å². The van der Waals surface area contributed by atoms with Gasteiger partial charge in [-0.3, -0.25) is 0 Å². The van der Waals surface area contributed by atoms with E-state index in [9.17, 15) is 4.39 Å². The largest absolute Gasteiger partial charge is 0.486 e. The second-order valence-corrected chi connectivity index (χ2v) is 10.1. The first kappa shape index (κ1) is 22.6. The van der Waals surface area contributed by atoms with Gasteiger partial charge in [0.2, 0.25) is 5.88 Å². The normalized spacial score (nSPS) is 27.2. The molecule has 3 aliphatic carbocycles. The lowest BCUT2D eigenvalue weighted by Crippen LogP contribution is -2.24. The minimum absolute atomic E-state index is 0.134. The van der Waals surface area contributed by atoms with E-state index in [2.05, 4.69) is 18.0 Å². The lowest BCUT2D eigenvalue weighted by molar-refractivity contribution is 0.183. The highest BCUT2D eigenvalue weighted by Crippen LogP contribution is 2.40. The quantitative estimate of drug-likeness (QED) is 0.298. The van der Waals surface area contributed by atoms with E-state index in [1.807, 2.05) is 0 Å². The van der Waals surface area contributed by atoms with E-state index in [-0.39, 0.29) is 11.9 Å². The number of aromatic nitrogens is 1. The van der Waals surface area contributed by atoms with Gasteiger partial charge in [-0.05, 0) is 87.2 Å². The summed E-state index contributed by atoms with van der Waals surface area (Å²) in [6.07, 6.45) is 20.3. The molecule has 4 heteroatoms. The molecule has 2 fully saturated rings. The maximum atomic E-state index is 14.3. The van der Waals surface area contributed by atoms with Gasteiger partial charge in [0, 0.05) is 6.07 Å². The number of pyridine rings is 1. The first-order valence-electron chi connectivity index (χ1n) is 12.8. The molecular formula is C27H40FNO2. The molecule has 0 radical (unpaired) electrons. The van der Waals surface area contributed by atoms with E-state index in [1.165, 1.54) is 63.4 Å². The molecule has 0 bridgehead atoms. The molecule has 2 saturated carbocycles. The zero-order chi connectivity index (χ0) is 21.5. The molecule has 0 amide bonds. The molecule has 1 atom stereocenters. The maximum Gasteiger partial charge on any atom is 0.258 e. The fraction of sp³-hybridized carbons (Fsp3) is 0.741. The third-order valence-electron chi connectivity index (χ3n) is 7.86. The van der Waals surface area contributed by atoms with Crippen LogP contribution in [0.2, 0.25) is 0 Å². The van der Waals surface area contributed by atoms with Crippen LogP contribution in [0.3, 0.4) is 0 Å². The van der Waals surface area contributed by atoms with Crippen LogP contribution in [0, 0.1) is 23.7 Å². The maximum absolute atomic E-state index is 14.3. The van der Waals surface area contributed by atoms with Crippen molar-refractivity contribution in [2.45, 2.75) is 103 Å². The van der Waals surface area contributed by atoms with Crippen LogP contribution in [0.4, 0.5) is 4.39 Å². The van der Waals surface area contributed by atoms with Crippen LogP contribution in [0.15, 0.2) is 23.8 Å². The third kappa shape index (κ3) is 6.46. The van der Waals surface area contributed by atoms with Gasteiger partial charge in [0.15, 0.2) is 5.75 Å². The topological polar surface area (TPSA) is 31.4 Å². The van der Waals surface area contributed by atoms with Crippen molar-refractivity contribution in [1.29, 1.82) is 0 Å². The van der Waals surface area contributed by atoms with E-state index < -0.39 is 5.95 Å². The highest BCUT2D eigenvalue weighted by atomic mass is 19.1. The van der Waals surface area contributed by atoms with Crippen LogP contribution in [0.5, 0.6) is 11.6 Å². The van der Waals surface area contributed by atoms with Crippen molar-refractivity contribution in [3.63, 3.8) is 0 Å². The Balaban J connectivity index is 1.20. The number of rotatable bonds is 9. The van der Waals surface area contributed by atoms with Crippen molar-refractivity contribution in [3.8, 4) is 11.6 Å². The summed E-state index contributed by atoms with van der Waals surface area (Å²) in [6, 6.07) is 3.40. The van der Waals surface area contributed by atoms with Crippen LogP contribution < -0.4 is 9.47 Å². The minimum Gasteiger partial charge on any atom is -0.486 e. The lowest BCUT2D eigenvalue weighted by Gasteiger charge is -2.35.